The van der Waals surface area contributed by atoms with E-state index in [1.807, 2.05) is 12.1 Å². The molecule has 2 heterocycles. The van der Waals surface area contributed by atoms with Crippen LogP contribution in [0.25, 0.3) is 0 Å². The SMILES string of the molecule is O=C(C1CCCCC1)N1c2ccccc2CCC1CN1CCC(c2ccccc2Cl)CC1. The van der Waals surface area contributed by atoms with Crippen molar-refractivity contribution in [1.29, 1.82) is 0 Å². The maximum atomic E-state index is 13.7. The van der Waals surface area contributed by atoms with Crippen LogP contribution in [0.4, 0.5) is 5.69 Å². The van der Waals surface area contributed by atoms with Crippen LogP contribution in [-0.4, -0.2) is 36.5 Å². The molecule has 1 atom stereocenters. The van der Waals surface area contributed by atoms with Gasteiger partial charge in [-0.1, -0.05) is 67.3 Å². The number of nitrogens with zero attached hydrogens (tertiary/aromatic N) is 2. The Morgan fingerprint density at radius 1 is 0.875 bits per heavy atom. The molecule has 0 radical (unpaired) electrons. The summed E-state index contributed by atoms with van der Waals surface area (Å²) >= 11 is 6.47. The molecule has 0 spiro atoms. The van der Waals surface area contributed by atoms with Gasteiger partial charge >= 0.3 is 0 Å². The van der Waals surface area contributed by atoms with Crippen LogP contribution in [0.1, 0.15) is 68.4 Å². The number of piperidine rings is 1. The summed E-state index contributed by atoms with van der Waals surface area (Å²) in [4.78, 5) is 18.5. The van der Waals surface area contributed by atoms with Crippen molar-refractivity contribution >= 4 is 23.2 Å². The molecule has 4 heteroatoms. The predicted molar refractivity (Wildman–Crippen MR) is 132 cm³/mol. The molecule has 3 aliphatic rings. The lowest BCUT2D eigenvalue weighted by Crippen LogP contribution is -2.52. The molecule has 1 unspecified atom stereocenters. The van der Waals surface area contributed by atoms with Crippen molar-refractivity contribution in [3.8, 4) is 0 Å². The molecule has 1 amide bonds. The van der Waals surface area contributed by atoms with Crippen LogP contribution in [0.3, 0.4) is 0 Å². The fourth-order valence-electron chi connectivity index (χ4n) is 6.15. The van der Waals surface area contributed by atoms with Crippen molar-refractivity contribution in [1.82, 2.24) is 4.90 Å². The standard InChI is InChI=1S/C28H35ClN2O/c29-26-12-6-5-11-25(26)21-16-18-30(19-17-21)20-24-15-14-22-8-4-7-13-27(22)31(24)28(32)23-9-2-1-3-10-23/h4-8,11-13,21,23-24H,1-3,9-10,14-20H2. The molecule has 2 aromatic rings. The summed E-state index contributed by atoms with van der Waals surface area (Å²) in [5.74, 6) is 1.14. The number of anilines is 1. The molecule has 0 N–H and O–H groups in total. The van der Waals surface area contributed by atoms with Gasteiger partial charge in [0.1, 0.15) is 0 Å². The van der Waals surface area contributed by atoms with Gasteiger partial charge in [0.25, 0.3) is 0 Å². The average molecular weight is 451 g/mol. The number of amides is 1. The van der Waals surface area contributed by atoms with E-state index in [0.29, 0.717) is 11.8 Å². The Balaban J connectivity index is 1.29. The van der Waals surface area contributed by atoms with Crippen LogP contribution in [0.5, 0.6) is 0 Å². The van der Waals surface area contributed by atoms with Gasteiger partial charge in [0.15, 0.2) is 0 Å². The number of hydrogen-bond donors (Lipinski definition) is 0. The first-order valence-corrected chi connectivity index (χ1v) is 13.0. The molecular formula is C28H35ClN2O. The molecule has 1 saturated heterocycles. The monoisotopic (exact) mass is 450 g/mol. The van der Waals surface area contributed by atoms with Crippen molar-refractivity contribution in [2.45, 2.75) is 69.7 Å². The zero-order valence-electron chi connectivity index (χ0n) is 19.0. The van der Waals surface area contributed by atoms with E-state index in [1.165, 1.54) is 36.1 Å². The summed E-state index contributed by atoms with van der Waals surface area (Å²) in [5, 5.41) is 0.902. The molecule has 5 rings (SSSR count). The van der Waals surface area contributed by atoms with E-state index in [0.717, 1.165) is 63.2 Å². The van der Waals surface area contributed by atoms with Gasteiger partial charge < -0.3 is 9.80 Å². The van der Waals surface area contributed by atoms with E-state index in [4.69, 9.17) is 11.6 Å². The largest absolute Gasteiger partial charge is 0.308 e. The first kappa shape index (κ1) is 22.0. The van der Waals surface area contributed by atoms with Gasteiger partial charge in [-0.15, -0.1) is 0 Å². The molecule has 170 valence electrons. The number of likely N-dealkylation sites (tertiary alicyclic amines) is 1. The minimum Gasteiger partial charge on any atom is -0.308 e. The topological polar surface area (TPSA) is 23.6 Å². The normalized spacial score (nSPS) is 23.2. The third-order valence-electron chi connectivity index (χ3n) is 7.96. The minimum atomic E-state index is 0.211. The van der Waals surface area contributed by atoms with Crippen molar-refractivity contribution in [2.24, 2.45) is 5.92 Å². The highest BCUT2D eigenvalue weighted by molar-refractivity contribution is 6.31. The lowest BCUT2D eigenvalue weighted by molar-refractivity contribution is -0.124. The van der Waals surface area contributed by atoms with E-state index < -0.39 is 0 Å². The number of carbonyl (C=O) groups excluding carboxylic acids is 1. The molecule has 2 aromatic carbocycles. The number of hydrogen-bond acceptors (Lipinski definition) is 2. The van der Waals surface area contributed by atoms with Gasteiger partial charge in [0.2, 0.25) is 5.91 Å². The second-order valence-electron chi connectivity index (χ2n) is 9.96. The molecule has 1 saturated carbocycles. The van der Waals surface area contributed by atoms with Crippen molar-refractivity contribution in [2.75, 3.05) is 24.5 Å². The Labute approximate surface area is 197 Å². The van der Waals surface area contributed by atoms with Gasteiger partial charge in [0, 0.05) is 29.2 Å². The Bertz CT molecular complexity index is 931. The number of aryl methyl sites for hydroxylation is 1. The van der Waals surface area contributed by atoms with E-state index in [1.54, 1.807) is 0 Å². The number of fused-ring (bicyclic) bond motifs is 1. The summed E-state index contributed by atoms with van der Waals surface area (Å²) < 4.78 is 0. The molecule has 3 nitrogen and oxygen atoms in total. The number of para-hydroxylation sites is 1. The molecular weight excluding hydrogens is 416 g/mol. The second-order valence-corrected chi connectivity index (χ2v) is 10.4. The van der Waals surface area contributed by atoms with Gasteiger partial charge in [-0.25, -0.2) is 0 Å². The number of benzene rings is 2. The highest BCUT2D eigenvalue weighted by Gasteiger charge is 2.36. The van der Waals surface area contributed by atoms with Crippen LogP contribution in [-0.2, 0) is 11.2 Å². The quantitative estimate of drug-likeness (QED) is 0.534. The maximum absolute atomic E-state index is 13.7. The highest BCUT2D eigenvalue weighted by atomic mass is 35.5. The summed E-state index contributed by atoms with van der Waals surface area (Å²) in [6.07, 6.45) is 10.2. The van der Waals surface area contributed by atoms with Crippen LogP contribution in [0.2, 0.25) is 5.02 Å². The van der Waals surface area contributed by atoms with Gasteiger partial charge in [-0.05, 0) is 80.8 Å². The zero-order valence-corrected chi connectivity index (χ0v) is 19.8. The molecule has 0 bridgehead atoms. The summed E-state index contributed by atoms with van der Waals surface area (Å²) in [6.45, 7) is 3.15. The number of halogens is 1. The zero-order chi connectivity index (χ0) is 21.9. The first-order chi connectivity index (χ1) is 15.7. The minimum absolute atomic E-state index is 0.211. The van der Waals surface area contributed by atoms with Gasteiger partial charge in [0.05, 0.1) is 0 Å². The predicted octanol–water partition coefficient (Wildman–Crippen LogP) is 6.45. The number of carbonyl (C=O) groups is 1. The first-order valence-electron chi connectivity index (χ1n) is 12.6. The van der Waals surface area contributed by atoms with Crippen LogP contribution < -0.4 is 4.90 Å². The second kappa shape index (κ2) is 9.97. The maximum Gasteiger partial charge on any atom is 0.230 e. The highest BCUT2D eigenvalue weighted by Crippen LogP contribution is 2.37. The van der Waals surface area contributed by atoms with Crippen LogP contribution in [0.15, 0.2) is 48.5 Å². The fourth-order valence-corrected chi connectivity index (χ4v) is 6.44. The van der Waals surface area contributed by atoms with Crippen molar-refractivity contribution in [3.05, 3.63) is 64.7 Å². The summed E-state index contributed by atoms with van der Waals surface area (Å²) in [5.41, 5.74) is 3.81. The third kappa shape index (κ3) is 4.61. The van der Waals surface area contributed by atoms with Gasteiger partial charge in [-0.2, -0.15) is 0 Å². The van der Waals surface area contributed by atoms with Crippen LogP contribution in [0, 0.1) is 5.92 Å². The lowest BCUT2D eigenvalue weighted by atomic mass is 9.85. The van der Waals surface area contributed by atoms with E-state index in [9.17, 15) is 4.79 Å². The van der Waals surface area contributed by atoms with E-state index in [-0.39, 0.29) is 12.0 Å². The van der Waals surface area contributed by atoms with E-state index >= 15 is 0 Å². The van der Waals surface area contributed by atoms with Crippen molar-refractivity contribution < 1.29 is 4.79 Å². The summed E-state index contributed by atoms with van der Waals surface area (Å²) in [6, 6.07) is 17.2. The van der Waals surface area contributed by atoms with Gasteiger partial charge in [-0.3, -0.25) is 4.79 Å². The Kier molecular flexibility index (Phi) is 6.85. The third-order valence-corrected chi connectivity index (χ3v) is 8.30. The lowest BCUT2D eigenvalue weighted by Gasteiger charge is -2.43. The molecule has 2 fully saturated rings. The smallest absolute Gasteiger partial charge is 0.230 e. The molecule has 2 aliphatic heterocycles. The van der Waals surface area contributed by atoms with Crippen LogP contribution >= 0.6 is 11.6 Å². The molecule has 0 aromatic heterocycles. The summed E-state index contributed by atoms with van der Waals surface area (Å²) in [7, 11) is 0. The molecule has 32 heavy (non-hydrogen) atoms. The van der Waals surface area contributed by atoms with Crippen molar-refractivity contribution in [3.63, 3.8) is 0 Å². The Morgan fingerprint density at radius 3 is 2.38 bits per heavy atom. The Morgan fingerprint density at radius 2 is 1.59 bits per heavy atom. The fraction of sp³-hybridized carbons (Fsp3) is 0.536. The van der Waals surface area contributed by atoms with E-state index in [2.05, 4.69) is 46.2 Å². The average Bonchev–Trinajstić information content (AvgIpc) is 2.85. The Hall–Kier alpha value is -1.84. The molecule has 1 aliphatic carbocycles. The number of rotatable bonds is 4.